The Morgan fingerprint density at radius 3 is 2.68 bits per heavy atom. The molecule has 3 aliphatic carbocycles. The number of rotatable bonds is 4. The lowest BCUT2D eigenvalue weighted by Crippen LogP contribution is -2.53. The van der Waals surface area contributed by atoms with Gasteiger partial charge in [-0.05, 0) is 85.9 Å². The Labute approximate surface area is 152 Å². The summed E-state index contributed by atoms with van der Waals surface area (Å²) in [6, 6.07) is 0. The SMILES string of the molecule is CC12CCCCC1CCC1C2CCC2(C)C(CCCC(=O)O)OCC12. The van der Waals surface area contributed by atoms with Gasteiger partial charge >= 0.3 is 5.97 Å². The van der Waals surface area contributed by atoms with Crippen LogP contribution < -0.4 is 0 Å². The smallest absolute Gasteiger partial charge is 0.303 e. The fourth-order valence-corrected chi connectivity index (χ4v) is 7.62. The molecular weight excluding hydrogens is 312 g/mol. The van der Waals surface area contributed by atoms with Crippen LogP contribution in [0.15, 0.2) is 0 Å². The summed E-state index contributed by atoms with van der Waals surface area (Å²) >= 11 is 0. The molecule has 1 aliphatic heterocycles. The van der Waals surface area contributed by atoms with Crippen LogP contribution in [0.3, 0.4) is 0 Å². The molecule has 0 aromatic heterocycles. The van der Waals surface area contributed by atoms with E-state index in [1.165, 1.54) is 51.4 Å². The minimum Gasteiger partial charge on any atom is -0.481 e. The van der Waals surface area contributed by atoms with Gasteiger partial charge in [0.25, 0.3) is 0 Å². The molecule has 0 amide bonds. The van der Waals surface area contributed by atoms with Crippen LogP contribution in [0.4, 0.5) is 0 Å². The largest absolute Gasteiger partial charge is 0.481 e. The van der Waals surface area contributed by atoms with Crippen molar-refractivity contribution in [2.45, 2.75) is 90.6 Å². The third kappa shape index (κ3) is 2.85. The molecule has 1 heterocycles. The van der Waals surface area contributed by atoms with E-state index < -0.39 is 5.97 Å². The summed E-state index contributed by atoms with van der Waals surface area (Å²) < 4.78 is 6.31. The predicted octanol–water partition coefficient (Wildman–Crippen LogP) is 5.28. The number of carboxylic acid groups (broad SMARTS) is 1. The predicted molar refractivity (Wildman–Crippen MR) is 98.3 cm³/mol. The summed E-state index contributed by atoms with van der Waals surface area (Å²) in [5, 5.41) is 8.94. The van der Waals surface area contributed by atoms with Gasteiger partial charge in [-0.15, -0.1) is 0 Å². The van der Waals surface area contributed by atoms with E-state index in [9.17, 15) is 4.79 Å². The number of hydrogen-bond acceptors (Lipinski definition) is 2. The van der Waals surface area contributed by atoms with Crippen molar-refractivity contribution in [3.8, 4) is 0 Å². The van der Waals surface area contributed by atoms with Crippen LogP contribution in [0.5, 0.6) is 0 Å². The molecule has 0 aromatic carbocycles. The Balaban J connectivity index is 1.48. The fraction of sp³-hybridized carbons (Fsp3) is 0.955. The first-order chi connectivity index (χ1) is 11.9. The van der Waals surface area contributed by atoms with Gasteiger partial charge < -0.3 is 9.84 Å². The number of carbonyl (C=O) groups is 1. The van der Waals surface area contributed by atoms with E-state index in [-0.39, 0.29) is 17.9 Å². The zero-order chi connectivity index (χ0) is 17.7. The molecule has 7 atom stereocenters. The van der Waals surface area contributed by atoms with Crippen molar-refractivity contribution in [2.75, 3.05) is 6.61 Å². The first kappa shape index (κ1) is 17.8. The molecule has 0 bridgehead atoms. The maximum Gasteiger partial charge on any atom is 0.303 e. The van der Waals surface area contributed by atoms with Crippen molar-refractivity contribution in [3.63, 3.8) is 0 Å². The Morgan fingerprint density at radius 1 is 1.04 bits per heavy atom. The van der Waals surface area contributed by atoms with Crippen molar-refractivity contribution >= 4 is 5.97 Å². The van der Waals surface area contributed by atoms with Crippen molar-refractivity contribution < 1.29 is 14.6 Å². The van der Waals surface area contributed by atoms with E-state index in [0.717, 1.165) is 37.2 Å². The van der Waals surface area contributed by atoms with E-state index in [2.05, 4.69) is 13.8 Å². The number of carboxylic acids is 1. The minimum absolute atomic E-state index is 0.284. The molecular formula is C22H36O3. The molecule has 4 rings (SSSR count). The lowest BCUT2D eigenvalue weighted by molar-refractivity contribution is -0.137. The van der Waals surface area contributed by atoms with E-state index in [1.54, 1.807) is 0 Å². The highest BCUT2D eigenvalue weighted by Crippen LogP contribution is 2.65. The summed E-state index contributed by atoms with van der Waals surface area (Å²) in [6.45, 7) is 6.01. The maximum absolute atomic E-state index is 10.9. The molecule has 0 aromatic rings. The van der Waals surface area contributed by atoms with Crippen molar-refractivity contribution in [1.82, 2.24) is 0 Å². The highest BCUT2D eigenvalue weighted by Gasteiger charge is 2.60. The topological polar surface area (TPSA) is 46.5 Å². The number of fused-ring (bicyclic) bond motifs is 5. The lowest BCUT2D eigenvalue weighted by Gasteiger charge is -2.60. The zero-order valence-corrected chi connectivity index (χ0v) is 16.1. The summed E-state index contributed by atoms with van der Waals surface area (Å²) in [4.78, 5) is 10.9. The van der Waals surface area contributed by atoms with Crippen molar-refractivity contribution in [1.29, 1.82) is 0 Å². The lowest BCUT2D eigenvalue weighted by atomic mass is 9.45. The minimum atomic E-state index is -0.674. The third-order valence-electron chi connectivity index (χ3n) is 9.09. The monoisotopic (exact) mass is 348 g/mol. The Bertz CT molecular complexity index is 517. The van der Waals surface area contributed by atoms with E-state index >= 15 is 0 Å². The first-order valence-electron chi connectivity index (χ1n) is 10.8. The van der Waals surface area contributed by atoms with Gasteiger partial charge in [0.05, 0.1) is 12.7 Å². The molecule has 3 saturated carbocycles. The van der Waals surface area contributed by atoms with Gasteiger partial charge in [0, 0.05) is 6.42 Å². The maximum atomic E-state index is 10.9. The molecule has 4 aliphatic rings. The molecule has 142 valence electrons. The number of ether oxygens (including phenoxy) is 1. The molecule has 3 heteroatoms. The number of hydrogen-bond donors (Lipinski definition) is 1. The van der Waals surface area contributed by atoms with E-state index in [1.807, 2.05) is 0 Å². The average molecular weight is 349 g/mol. The summed E-state index contributed by atoms with van der Waals surface area (Å²) in [5.41, 5.74) is 0.876. The summed E-state index contributed by atoms with van der Waals surface area (Å²) in [7, 11) is 0. The Hall–Kier alpha value is -0.570. The first-order valence-corrected chi connectivity index (χ1v) is 10.8. The standard InChI is InChI=1S/C22H36O3/c1-21-12-4-3-6-15(21)9-10-16-17(21)11-13-22(2)18(16)14-25-19(22)7-5-8-20(23)24/h15-19H,3-14H2,1-2H3,(H,23,24). The van der Waals surface area contributed by atoms with Gasteiger partial charge in [0.2, 0.25) is 0 Å². The molecule has 0 spiro atoms. The van der Waals surface area contributed by atoms with Gasteiger partial charge in [-0.25, -0.2) is 0 Å². The normalized spacial score (nSPS) is 49.1. The fourth-order valence-electron chi connectivity index (χ4n) is 7.62. The van der Waals surface area contributed by atoms with Gasteiger partial charge in [-0.3, -0.25) is 4.79 Å². The van der Waals surface area contributed by atoms with Crippen LogP contribution in [-0.2, 0) is 9.53 Å². The van der Waals surface area contributed by atoms with Gasteiger partial charge in [0.15, 0.2) is 0 Å². The van der Waals surface area contributed by atoms with Gasteiger partial charge in [-0.2, -0.15) is 0 Å². The highest BCUT2D eigenvalue weighted by atomic mass is 16.5. The molecule has 3 nitrogen and oxygen atoms in total. The molecule has 4 fully saturated rings. The second kappa shape index (κ2) is 6.55. The molecule has 25 heavy (non-hydrogen) atoms. The number of aliphatic carboxylic acids is 1. The van der Waals surface area contributed by atoms with Crippen molar-refractivity contribution in [2.24, 2.45) is 34.5 Å². The molecule has 0 radical (unpaired) electrons. The Kier molecular flexibility index (Phi) is 4.67. The second-order valence-corrected chi connectivity index (χ2v) is 10.1. The molecule has 1 N–H and O–H groups in total. The average Bonchev–Trinajstić information content (AvgIpc) is 2.91. The van der Waals surface area contributed by atoms with E-state index in [0.29, 0.717) is 11.3 Å². The van der Waals surface area contributed by atoms with Crippen LogP contribution >= 0.6 is 0 Å². The zero-order valence-electron chi connectivity index (χ0n) is 16.1. The molecule has 1 saturated heterocycles. The summed E-state index contributed by atoms with van der Waals surface area (Å²) in [6.07, 6.45) is 13.6. The van der Waals surface area contributed by atoms with Crippen LogP contribution in [0, 0.1) is 34.5 Å². The quantitative estimate of drug-likeness (QED) is 0.752. The Morgan fingerprint density at radius 2 is 1.88 bits per heavy atom. The van der Waals surface area contributed by atoms with Gasteiger partial charge in [0.1, 0.15) is 0 Å². The van der Waals surface area contributed by atoms with Crippen LogP contribution in [0.2, 0.25) is 0 Å². The van der Waals surface area contributed by atoms with E-state index in [4.69, 9.17) is 9.84 Å². The van der Waals surface area contributed by atoms with Crippen molar-refractivity contribution in [3.05, 3.63) is 0 Å². The van der Waals surface area contributed by atoms with Crippen LogP contribution in [-0.4, -0.2) is 23.8 Å². The van der Waals surface area contributed by atoms with Crippen LogP contribution in [0.25, 0.3) is 0 Å². The second-order valence-electron chi connectivity index (χ2n) is 10.1. The summed E-state index contributed by atoms with van der Waals surface area (Å²) in [5.74, 6) is 2.77. The third-order valence-corrected chi connectivity index (χ3v) is 9.09. The highest BCUT2D eigenvalue weighted by molar-refractivity contribution is 5.66. The van der Waals surface area contributed by atoms with Gasteiger partial charge in [-0.1, -0.05) is 26.7 Å². The molecule has 7 unspecified atom stereocenters. The van der Waals surface area contributed by atoms with Crippen LogP contribution in [0.1, 0.15) is 84.5 Å².